The molecule has 2 rings (SSSR count). The molecule has 0 aliphatic carbocycles. The first-order valence-electron chi connectivity index (χ1n) is 7.02. The third-order valence-electron chi connectivity index (χ3n) is 3.69. The van der Waals surface area contributed by atoms with Crippen molar-refractivity contribution in [2.24, 2.45) is 0 Å². The second kappa shape index (κ2) is 8.07. The quantitative estimate of drug-likeness (QED) is 0.718. The Balaban J connectivity index is 1.74. The van der Waals surface area contributed by atoms with Gasteiger partial charge in [-0.25, -0.2) is 0 Å². The van der Waals surface area contributed by atoms with Gasteiger partial charge in [-0.3, -0.25) is 4.90 Å². The van der Waals surface area contributed by atoms with Crippen LogP contribution in [0.4, 0.5) is 0 Å². The van der Waals surface area contributed by atoms with E-state index >= 15 is 0 Å². The van der Waals surface area contributed by atoms with Gasteiger partial charge in [-0.1, -0.05) is 0 Å². The molecule has 0 bridgehead atoms. The molecule has 0 aromatic rings. The van der Waals surface area contributed by atoms with Crippen molar-refractivity contribution in [3.63, 3.8) is 0 Å². The molecule has 2 fully saturated rings. The van der Waals surface area contributed by atoms with Crippen LogP contribution in [-0.2, 0) is 14.2 Å². The third-order valence-corrected chi connectivity index (χ3v) is 3.69. The van der Waals surface area contributed by atoms with Gasteiger partial charge in [-0.2, -0.15) is 0 Å². The molecule has 0 aromatic carbocycles. The molecule has 2 aliphatic heterocycles. The van der Waals surface area contributed by atoms with E-state index in [1.165, 1.54) is 12.8 Å². The molecule has 0 spiro atoms. The number of hydrogen-bond acceptors (Lipinski definition) is 5. The Hall–Kier alpha value is -0.200. The van der Waals surface area contributed by atoms with Crippen LogP contribution in [0.3, 0.4) is 0 Å². The lowest BCUT2D eigenvalue weighted by atomic mass is 10.2. The van der Waals surface area contributed by atoms with Gasteiger partial charge in [0.2, 0.25) is 0 Å². The molecule has 0 radical (unpaired) electrons. The van der Waals surface area contributed by atoms with E-state index in [1.807, 2.05) is 0 Å². The van der Waals surface area contributed by atoms with Gasteiger partial charge in [-0.05, 0) is 25.8 Å². The van der Waals surface area contributed by atoms with Gasteiger partial charge in [0, 0.05) is 32.8 Å². The Kier molecular flexibility index (Phi) is 6.37. The summed E-state index contributed by atoms with van der Waals surface area (Å²) in [6.07, 6.45) is 3.91. The van der Waals surface area contributed by atoms with Crippen molar-refractivity contribution >= 4 is 0 Å². The van der Waals surface area contributed by atoms with Gasteiger partial charge in [0.25, 0.3) is 0 Å². The number of methoxy groups -OCH3 is 1. The van der Waals surface area contributed by atoms with E-state index in [9.17, 15) is 0 Å². The molecular formula is C13H26N2O3. The summed E-state index contributed by atoms with van der Waals surface area (Å²) in [5.41, 5.74) is 0. The first-order chi connectivity index (χ1) is 8.88. The van der Waals surface area contributed by atoms with E-state index < -0.39 is 0 Å². The second-order valence-corrected chi connectivity index (χ2v) is 5.15. The van der Waals surface area contributed by atoms with Crippen LogP contribution in [0.15, 0.2) is 0 Å². The zero-order valence-corrected chi connectivity index (χ0v) is 11.4. The van der Waals surface area contributed by atoms with E-state index in [2.05, 4.69) is 10.2 Å². The standard InChI is InChI=1S/C13H26N2O3/c1-16-8-6-15(9-12-3-2-5-14-12)10-13-4-7-17-11-18-13/h12-14H,2-11H2,1H3. The topological polar surface area (TPSA) is 43.0 Å². The largest absolute Gasteiger partial charge is 0.383 e. The lowest BCUT2D eigenvalue weighted by Crippen LogP contribution is -2.44. The Bertz CT molecular complexity index is 216. The van der Waals surface area contributed by atoms with Crippen molar-refractivity contribution in [3.8, 4) is 0 Å². The lowest BCUT2D eigenvalue weighted by molar-refractivity contribution is -0.145. The first kappa shape index (κ1) is 14.2. The second-order valence-electron chi connectivity index (χ2n) is 5.15. The molecule has 5 heteroatoms. The molecule has 2 heterocycles. The van der Waals surface area contributed by atoms with Crippen LogP contribution in [0.25, 0.3) is 0 Å². The molecule has 1 N–H and O–H groups in total. The smallest absolute Gasteiger partial charge is 0.147 e. The molecule has 0 amide bonds. The summed E-state index contributed by atoms with van der Waals surface area (Å²) < 4.78 is 16.0. The van der Waals surface area contributed by atoms with Crippen LogP contribution in [0, 0.1) is 0 Å². The highest BCUT2D eigenvalue weighted by Gasteiger charge is 2.22. The summed E-state index contributed by atoms with van der Waals surface area (Å²) in [5.74, 6) is 0. The highest BCUT2D eigenvalue weighted by atomic mass is 16.7. The maximum Gasteiger partial charge on any atom is 0.147 e. The van der Waals surface area contributed by atoms with Crippen LogP contribution in [0.1, 0.15) is 19.3 Å². The molecule has 0 aromatic heterocycles. The van der Waals surface area contributed by atoms with Gasteiger partial charge in [0.05, 0.1) is 19.3 Å². The molecular weight excluding hydrogens is 232 g/mol. The minimum absolute atomic E-state index is 0.317. The Labute approximate surface area is 110 Å². The summed E-state index contributed by atoms with van der Waals surface area (Å²) in [4.78, 5) is 2.46. The monoisotopic (exact) mass is 258 g/mol. The first-order valence-corrected chi connectivity index (χ1v) is 7.02. The van der Waals surface area contributed by atoms with Crippen molar-refractivity contribution in [1.82, 2.24) is 10.2 Å². The van der Waals surface area contributed by atoms with Gasteiger partial charge >= 0.3 is 0 Å². The van der Waals surface area contributed by atoms with Crippen molar-refractivity contribution in [2.75, 3.05) is 53.3 Å². The minimum Gasteiger partial charge on any atom is -0.383 e. The van der Waals surface area contributed by atoms with Gasteiger partial charge in [0.1, 0.15) is 6.79 Å². The number of nitrogens with zero attached hydrogens (tertiary/aromatic N) is 1. The zero-order chi connectivity index (χ0) is 12.6. The van der Waals surface area contributed by atoms with Crippen molar-refractivity contribution in [3.05, 3.63) is 0 Å². The van der Waals surface area contributed by atoms with Crippen molar-refractivity contribution < 1.29 is 14.2 Å². The summed E-state index contributed by atoms with van der Waals surface area (Å²) in [5, 5.41) is 3.55. The number of nitrogens with one attached hydrogen (secondary N) is 1. The highest BCUT2D eigenvalue weighted by Crippen LogP contribution is 2.11. The number of rotatable bonds is 7. The number of ether oxygens (including phenoxy) is 3. The Morgan fingerprint density at radius 3 is 2.94 bits per heavy atom. The summed E-state index contributed by atoms with van der Waals surface area (Å²) in [6.45, 7) is 6.30. The number of hydrogen-bond donors (Lipinski definition) is 1. The molecule has 5 nitrogen and oxygen atoms in total. The third kappa shape index (κ3) is 4.82. The van der Waals surface area contributed by atoms with E-state index in [0.29, 0.717) is 18.9 Å². The van der Waals surface area contributed by atoms with E-state index in [0.717, 1.165) is 45.8 Å². The van der Waals surface area contributed by atoms with Crippen LogP contribution in [0.2, 0.25) is 0 Å². The molecule has 106 valence electrons. The van der Waals surface area contributed by atoms with Gasteiger partial charge in [-0.15, -0.1) is 0 Å². The molecule has 2 atom stereocenters. The normalized spacial score (nSPS) is 29.0. The van der Waals surface area contributed by atoms with E-state index in [-0.39, 0.29) is 0 Å². The van der Waals surface area contributed by atoms with Crippen LogP contribution in [0.5, 0.6) is 0 Å². The molecule has 2 saturated heterocycles. The predicted molar refractivity (Wildman–Crippen MR) is 69.6 cm³/mol. The van der Waals surface area contributed by atoms with E-state index in [4.69, 9.17) is 14.2 Å². The molecule has 0 saturated carbocycles. The minimum atomic E-state index is 0.317. The molecule has 2 aliphatic rings. The lowest BCUT2D eigenvalue weighted by Gasteiger charge is -2.31. The van der Waals surface area contributed by atoms with Gasteiger partial charge < -0.3 is 19.5 Å². The average molecular weight is 258 g/mol. The average Bonchev–Trinajstić information content (AvgIpc) is 2.90. The van der Waals surface area contributed by atoms with Crippen LogP contribution < -0.4 is 5.32 Å². The Morgan fingerprint density at radius 1 is 1.33 bits per heavy atom. The molecule has 2 unspecified atom stereocenters. The summed E-state index contributed by atoms with van der Waals surface area (Å²) >= 11 is 0. The van der Waals surface area contributed by atoms with Crippen molar-refractivity contribution in [2.45, 2.75) is 31.4 Å². The highest BCUT2D eigenvalue weighted by molar-refractivity contribution is 4.79. The van der Waals surface area contributed by atoms with Crippen molar-refractivity contribution in [1.29, 1.82) is 0 Å². The Morgan fingerprint density at radius 2 is 2.28 bits per heavy atom. The van der Waals surface area contributed by atoms with Crippen LogP contribution >= 0.6 is 0 Å². The SMILES string of the molecule is COCCN(CC1CCCN1)CC1CCOCO1. The fraction of sp³-hybridized carbons (Fsp3) is 1.00. The zero-order valence-electron chi connectivity index (χ0n) is 11.4. The summed E-state index contributed by atoms with van der Waals surface area (Å²) in [7, 11) is 1.76. The summed E-state index contributed by atoms with van der Waals surface area (Å²) in [6, 6.07) is 0.640. The fourth-order valence-corrected chi connectivity index (χ4v) is 2.64. The maximum atomic E-state index is 5.63. The molecule has 18 heavy (non-hydrogen) atoms. The fourth-order valence-electron chi connectivity index (χ4n) is 2.64. The van der Waals surface area contributed by atoms with E-state index in [1.54, 1.807) is 7.11 Å². The van der Waals surface area contributed by atoms with Crippen LogP contribution in [-0.4, -0.2) is 70.3 Å². The maximum absolute atomic E-state index is 5.63. The predicted octanol–water partition coefficient (Wildman–Crippen LogP) is 0.450. The van der Waals surface area contributed by atoms with Gasteiger partial charge in [0.15, 0.2) is 0 Å².